The summed E-state index contributed by atoms with van der Waals surface area (Å²) in [5.74, 6) is 0.722. The lowest BCUT2D eigenvalue weighted by atomic mass is 10.0. The van der Waals surface area contributed by atoms with Crippen LogP contribution in [0.15, 0.2) is 36.5 Å². The SMILES string of the molecule is O=C(Cn1ccc2ccccc21)C1CCCC1. The predicted molar refractivity (Wildman–Crippen MR) is 68.9 cm³/mol. The fourth-order valence-corrected chi connectivity index (χ4v) is 2.82. The first-order valence-corrected chi connectivity index (χ1v) is 6.41. The number of rotatable bonds is 3. The third-order valence-corrected chi connectivity index (χ3v) is 3.82. The van der Waals surface area contributed by atoms with E-state index in [1.807, 2.05) is 18.3 Å². The molecule has 0 atom stereocenters. The van der Waals surface area contributed by atoms with E-state index in [4.69, 9.17) is 0 Å². The molecule has 17 heavy (non-hydrogen) atoms. The smallest absolute Gasteiger partial charge is 0.155 e. The lowest BCUT2D eigenvalue weighted by Gasteiger charge is -2.09. The van der Waals surface area contributed by atoms with E-state index in [0.29, 0.717) is 18.2 Å². The summed E-state index contributed by atoms with van der Waals surface area (Å²) in [5, 5.41) is 1.21. The molecule has 2 aromatic rings. The third-order valence-electron chi connectivity index (χ3n) is 3.82. The van der Waals surface area contributed by atoms with Gasteiger partial charge in [0, 0.05) is 17.6 Å². The molecule has 0 unspecified atom stereocenters. The fourth-order valence-electron chi connectivity index (χ4n) is 2.82. The number of para-hydroxylation sites is 1. The largest absolute Gasteiger partial charge is 0.340 e. The quantitative estimate of drug-likeness (QED) is 0.787. The van der Waals surface area contributed by atoms with Gasteiger partial charge < -0.3 is 4.57 Å². The van der Waals surface area contributed by atoms with Crippen molar-refractivity contribution in [2.45, 2.75) is 32.2 Å². The summed E-state index contributed by atoms with van der Waals surface area (Å²) >= 11 is 0. The number of carbonyl (C=O) groups is 1. The second-order valence-electron chi connectivity index (χ2n) is 4.95. The molecule has 1 aliphatic rings. The maximum Gasteiger partial charge on any atom is 0.155 e. The molecule has 2 nitrogen and oxygen atoms in total. The number of aromatic nitrogens is 1. The molecule has 0 bridgehead atoms. The molecule has 88 valence electrons. The van der Waals surface area contributed by atoms with Crippen LogP contribution < -0.4 is 0 Å². The van der Waals surface area contributed by atoms with Crippen LogP contribution in [0.3, 0.4) is 0 Å². The van der Waals surface area contributed by atoms with Crippen LogP contribution in [-0.2, 0) is 11.3 Å². The summed E-state index contributed by atoms with van der Waals surface area (Å²) < 4.78 is 2.08. The molecule has 0 radical (unpaired) electrons. The minimum absolute atomic E-state index is 0.316. The number of nitrogens with zero attached hydrogens (tertiary/aromatic N) is 1. The van der Waals surface area contributed by atoms with Gasteiger partial charge in [0.25, 0.3) is 0 Å². The Kier molecular flexibility index (Phi) is 2.71. The number of hydrogen-bond acceptors (Lipinski definition) is 1. The lowest BCUT2D eigenvalue weighted by Crippen LogP contribution is -2.17. The number of benzene rings is 1. The van der Waals surface area contributed by atoms with E-state index in [0.717, 1.165) is 12.8 Å². The minimum atomic E-state index is 0.316. The molecular formula is C15H17NO. The van der Waals surface area contributed by atoms with Crippen LogP contribution in [-0.4, -0.2) is 10.4 Å². The van der Waals surface area contributed by atoms with E-state index in [9.17, 15) is 4.79 Å². The predicted octanol–water partition coefficient (Wildman–Crippen LogP) is 3.40. The molecule has 0 aliphatic heterocycles. The van der Waals surface area contributed by atoms with Crippen LogP contribution in [0.2, 0.25) is 0 Å². The van der Waals surface area contributed by atoms with Crippen molar-refractivity contribution in [2.24, 2.45) is 5.92 Å². The van der Waals surface area contributed by atoms with Crippen LogP contribution in [0.1, 0.15) is 25.7 Å². The van der Waals surface area contributed by atoms with Crippen molar-refractivity contribution >= 4 is 16.7 Å². The van der Waals surface area contributed by atoms with E-state index in [1.54, 1.807) is 0 Å². The number of Topliss-reactive ketones (excluding diaryl/α,β-unsaturated/α-hetero) is 1. The Bertz CT molecular complexity index is 535. The lowest BCUT2D eigenvalue weighted by molar-refractivity contribution is -0.123. The number of fused-ring (bicyclic) bond motifs is 1. The summed E-state index contributed by atoms with van der Waals surface area (Å²) in [6, 6.07) is 10.3. The van der Waals surface area contributed by atoms with Gasteiger partial charge in [-0.3, -0.25) is 4.79 Å². The molecule has 0 amide bonds. The van der Waals surface area contributed by atoms with Crippen molar-refractivity contribution in [3.63, 3.8) is 0 Å². The van der Waals surface area contributed by atoms with Gasteiger partial charge >= 0.3 is 0 Å². The van der Waals surface area contributed by atoms with Crippen molar-refractivity contribution in [3.05, 3.63) is 36.5 Å². The van der Waals surface area contributed by atoms with Gasteiger partial charge in [-0.05, 0) is 30.4 Å². The second-order valence-corrected chi connectivity index (χ2v) is 4.95. The highest BCUT2D eigenvalue weighted by Gasteiger charge is 2.22. The van der Waals surface area contributed by atoms with Crippen LogP contribution in [0, 0.1) is 5.92 Å². The van der Waals surface area contributed by atoms with Crippen LogP contribution in [0.4, 0.5) is 0 Å². The Morgan fingerprint density at radius 3 is 2.76 bits per heavy atom. The summed E-state index contributed by atoms with van der Waals surface area (Å²) in [7, 11) is 0. The molecule has 3 rings (SSSR count). The Hall–Kier alpha value is -1.57. The van der Waals surface area contributed by atoms with E-state index in [1.165, 1.54) is 23.7 Å². The zero-order valence-electron chi connectivity index (χ0n) is 9.93. The Labute approximate surface area is 101 Å². The van der Waals surface area contributed by atoms with Gasteiger partial charge in [0.2, 0.25) is 0 Å². The molecule has 0 N–H and O–H groups in total. The van der Waals surface area contributed by atoms with Gasteiger partial charge in [-0.25, -0.2) is 0 Å². The van der Waals surface area contributed by atoms with Gasteiger partial charge in [-0.1, -0.05) is 31.0 Å². The number of ketones is 1. The first-order valence-electron chi connectivity index (χ1n) is 6.41. The normalized spacial score (nSPS) is 16.7. The van der Waals surface area contributed by atoms with Gasteiger partial charge in [0.15, 0.2) is 5.78 Å². The summed E-state index contributed by atoms with van der Waals surface area (Å²) in [6.07, 6.45) is 6.67. The molecule has 1 aromatic heterocycles. The molecule has 1 aromatic carbocycles. The van der Waals surface area contributed by atoms with Crippen molar-refractivity contribution in [1.82, 2.24) is 4.57 Å². The van der Waals surface area contributed by atoms with Gasteiger partial charge in [-0.2, -0.15) is 0 Å². The highest BCUT2D eigenvalue weighted by molar-refractivity contribution is 5.85. The maximum absolute atomic E-state index is 12.1. The summed E-state index contributed by atoms with van der Waals surface area (Å²) in [6.45, 7) is 0.540. The Morgan fingerprint density at radius 1 is 1.18 bits per heavy atom. The van der Waals surface area contributed by atoms with Crippen LogP contribution in [0.25, 0.3) is 10.9 Å². The monoisotopic (exact) mass is 227 g/mol. The molecule has 0 spiro atoms. The highest BCUT2D eigenvalue weighted by atomic mass is 16.1. The minimum Gasteiger partial charge on any atom is -0.340 e. The number of carbonyl (C=O) groups excluding carboxylic acids is 1. The van der Waals surface area contributed by atoms with E-state index >= 15 is 0 Å². The molecule has 1 heterocycles. The Balaban J connectivity index is 1.82. The van der Waals surface area contributed by atoms with Crippen molar-refractivity contribution in [2.75, 3.05) is 0 Å². The van der Waals surface area contributed by atoms with E-state index < -0.39 is 0 Å². The maximum atomic E-state index is 12.1. The molecule has 1 saturated carbocycles. The average Bonchev–Trinajstić information content (AvgIpc) is 2.98. The zero-order valence-corrected chi connectivity index (χ0v) is 9.93. The third kappa shape index (κ3) is 1.99. The molecule has 1 fully saturated rings. The first-order chi connectivity index (χ1) is 8.34. The number of hydrogen-bond donors (Lipinski definition) is 0. The topological polar surface area (TPSA) is 22.0 Å². The van der Waals surface area contributed by atoms with E-state index in [-0.39, 0.29) is 0 Å². The fraction of sp³-hybridized carbons (Fsp3) is 0.400. The second kappa shape index (κ2) is 4.36. The molecular weight excluding hydrogens is 210 g/mol. The van der Waals surface area contributed by atoms with Gasteiger partial charge in [0.05, 0.1) is 6.54 Å². The van der Waals surface area contributed by atoms with Crippen LogP contribution >= 0.6 is 0 Å². The average molecular weight is 227 g/mol. The first kappa shape index (κ1) is 10.6. The standard InChI is InChI=1S/C15H17NO/c17-15(13-6-1-2-7-13)11-16-10-9-12-5-3-4-8-14(12)16/h3-5,8-10,13H,1-2,6-7,11H2. The summed E-state index contributed by atoms with van der Waals surface area (Å²) in [5.41, 5.74) is 1.17. The Morgan fingerprint density at radius 2 is 1.94 bits per heavy atom. The van der Waals surface area contributed by atoms with Crippen molar-refractivity contribution < 1.29 is 4.79 Å². The summed E-state index contributed by atoms with van der Waals surface area (Å²) in [4.78, 5) is 12.1. The van der Waals surface area contributed by atoms with Crippen molar-refractivity contribution in [3.8, 4) is 0 Å². The molecule has 0 saturated heterocycles. The molecule has 1 aliphatic carbocycles. The zero-order chi connectivity index (χ0) is 11.7. The van der Waals surface area contributed by atoms with Crippen molar-refractivity contribution in [1.29, 1.82) is 0 Å². The highest BCUT2D eigenvalue weighted by Crippen LogP contribution is 2.26. The van der Waals surface area contributed by atoms with Gasteiger partial charge in [-0.15, -0.1) is 0 Å². The van der Waals surface area contributed by atoms with Crippen LogP contribution in [0.5, 0.6) is 0 Å². The van der Waals surface area contributed by atoms with Gasteiger partial charge in [0.1, 0.15) is 0 Å². The molecule has 2 heteroatoms. The van der Waals surface area contributed by atoms with E-state index in [2.05, 4.69) is 22.8 Å².